The Bertz CT molecular complexity index is 982. The van der Waals surface area contributed by atoms with Crippen LogP contribution in [0.4, 0.5) is 0 Å². The Hall–Kier alpha value is -2.38. The van der Waals surface area contributed by atoms with Crippen molar-refractivity contribution in [3.63, 3.8) is 0 Å². The summed E-state index contributed by atoms with van der Waals surface area (Å²) < 4.78 is 12.5. The van der Waals surface area contributed by atoms with E-state index in [2.05, 4.69) is 21.7 Å². The number of methoxy groups -OCH3 is 2. The van der Waals surface area contributed by atoms with E-state index in [4.69, 9.17) is 14.5 Å². The highest BCUT2D eigenvalue weighted by atomic mass is 32.1. The molecule has 0 bridgehead atoms. The Morgan fingerprint density at radius 3 is 2.69 bits per heavy atom. The summed E-state index contributed by atoms with van der Waals surface area (Å²) in [4.78, 5) is 20.2. The summed E-state index contributed by atoms with van der Waals surface area (Å²) in [6.45, 7) is 3.29. The van der Waals surface area contributed by atoms with Gasteiger partial charge in [-0.05, 0) is 28.5 Å². The maximum atomic E-state index is 13.0. The van der Waals surface area contributed by atoms with Crippen LogP contribution in [0.5, 0.6) is 11.5 Å². The number of nitrogens with zero attached hydrogens (tertiary/aromatic N) is 3. The molecular weight excluding hydrogens is 350 g/mol. The average molecular weight is 371 g/mol. The fourth-order valence-corrected chi connectivity index (χ4v) is 4.09. The Kier molecular flexibility index (Phi) is 4.65. The molecule has 0 aliphatic carbocycles. The third-order valence-electron chi connectivity index (χ3n) is 4.82. The molecule has 1 aromatic carbocycles. The fourth-order valence-electron chi connectivity index (χ4n) is 3.43. The number of ether oxygens (including phenoxy) is 2. The predicted octanol–water partition coefficient (Wildman–Crippen LogP) is 2.53. The van der Waals surface area contributed by atoms with Crippen molar-refractivity contribution in [3.05, 3.63) is 50.7 Å². The van der Waals surface area contributed by atoms with E-state index in [-0.39, 0.29) is 5.56 Å². The van der Waals surface area contributed by atoms with Gasteiger partial charge in [-0.15, -0.1) is 0 Å². The number of hydrogen-bond donors (Lipinski definition) is 0. The van der Waals surface area contributed by atoms with E-state index in [0.717, 1.165) is 31.9 Å². The van der Waals surface area contributed by atoms with Crippen LogP contribution in [0.15, 0.2) is 33.8 Å². The highest BCUT2D eigenvalue weighted by molar-refractivity contribution is 7.07. The first-order chi connectivity index (χ1) is 12.7. The third-order valence-corrected chi connectivity index (χ3v) is 5.55. The minimum atomic E-state index is -0.0108. The second-order valence-corrected chi connectivity index (χ2v) is 7.15. The minimum Gasteiger partial charge on any atom is -0.493 e. The van der Waals surface area contributed by atoms with Crippen molar-refractivity contribution >= 4 is 22.2 Å². The van der Waals surface area contributed by atoms with Gasteiger partial charge in [0.1, 0.15) is 5.82 Å². The van der Waals surface area contributed by atoms with Crippen LogP contribution in [0.25, 0.3) is 10.9 Å². The van der Waals surface area contributed by atoms with Gasteiger partial charge in [-0.1, -0.05) is 0 Å². The molecule has 7 heteroatoms. The molecule has 0 radical (unpaired) electrons. The zero-order valence-corrected chi connectivity index (χ0v) is 15.7. The number of hydrogen-bond acceptors (Lipinski definition) is 6. The summed E-state index contributed by atoms with van der Waals surface area (Å²) in [6, 6.07) is 5.66. The van der Waals surface area contributed by atoms with Gasteiger partial charge < -0.3 is 9.47 Å². The molecule has 1 aliphatic rings. The molecule has 26 heavy (non-hydrogen) atoms. The standard InChI is InChI=1S/C19H21N3O3S/c1-24-16-9-14-15(10-17(16)25-2)20-18-3-5-21(6-7-22(18)19(14)23)11-13-4-8-26-12-13/h4,8-10,12H,3,5-7,11H2,1-2H3. The SMILES string of the molecule is COc1cc2nc3n(c(=O)c2cc1OC)CCN(Cc1ccsc1)CC3. The quantitative estimate of drug-likeness (QED) is 0.705. The number of thiophene rings is 1. The molecule has 0 spiro atoms. The summed E-state index contributed by atoms with van der Waals surface area (Å²) in [5, 5.41) is 4.84. The van der Waals surface area contributed by atoms with Crippen molar-refractivity contribution in [1.29, 1.82) is 0 Å². The number of fused-ring (bicyclic) bond motifs is 2. The van der Waals surface area contributed by atoms with Crippen LogP contribution in [0.3, 0.4) is 0 Å². The molecule has 3 heterocycles. The van der Waals surface area contributed by atoms with Crippen molar-refractivity contribution in [2.24, 2.45) is 0 Å². The van der Waals surface area contributed by atoms with E-state index in [1.807, 2.05) is 4.57 Å². The van der Waals surface area contributed by atoms with Gasteiger partial charge in [0.2, 0.25) is 0 Å². The summed E-state index contributed by atoms with van der Waals surface area (Å²) in [6.07, 6.45) is 0.754. The van der Waals surface area contributed by atoms with Crippen molar-refractivity contribution < 1.29 is 9.47 Å². The average Bonchev–Trinajstić information content (AvgIpc) is 3.08. The molecule has 3 aromatic rings. The normalized spacial score (nSPS) is 14.8. The van der Waals surface area contributed by atoms with Crippen LogP contribution in [0.2, 0.25) is 0 Å². The molecule has 136 valence electrons. The van der Waals surface area contributed by atoms with Crippen LogP contribution in [0, 0.1) is 0 Å². The monoisotopic (exact) mass is 371 g/mol. The molecule has 0 amide bonds. The second kappa shape index (κ2) is 7.09. The molecular formula is C19H21N3O3S. The number of rotatable bonds is 4. The third kappa shape index (κ3) is 3.08. The zero-order valence-electron chi connectivity index (χ0n) is 14.9. The summed E-state index contributed by atoms with van der Waals surface area (Å²) >= 11 is 1.71. The van der Waals surface area contributed by atoms with Gasteiger partial charge in [-0.3, -0.25) is 14.3 Å². The van der Waals surface area contributed by atoms with Crippen LogP contribution in [-0.2, 0) is 19.5 Å². The van der Waals surface area contributed by atoms with Gasteiger partial charge in [0, 0.05) is 38.7 Å². The molecule has 2 aromatic heterocycles. The lowest BCUT2D eigenvalue weighted by Gasteiger charge is -2.18. The highest BCUT2D eigenvalue weighted by Crippen LogP contribution is 2.30. The van der Waals surface area contributed by atoms with Gasteiger partial charge in [0.25, 0.3) is 5.56 Å². The second-order valence-electron chi connectivity index (χ2n) is 6.37. The number of aromatic nitrogens is 2. The topological polar surface area (TPSA) is 56.6 Å². The molecule has 0 saturated heterocycles. The zero-order chi connectivity index (χ0) is 18.1. The van der Waals surface area contributed by atoms with Crippen molar-refractivity contribution in [2.75, 3.05) is 27.3 Å². The Labute approximate surface area is 155 Å². The largest absolute Gasteiger partial charge is 0.493 e. The maximum absolute atomic E-state index is 13.0. The summed E-state index contributed by atoms with van der Waals surface area (Å²) in [5.41, 5.74) is 1.97. The highest BCUT2D eigenvalue weighted by Gasteiger charge is 2.19. The van der Waals surface area contributed by atoms with Crippen molar-refractivity contribution in [3.8, 4) is 11.5 Å². The molecule has 0 N–H and O–H groups in total. The van der Waals surface area contributed by atoms with E-state index in [0.29, 0.717) is 28.9 Å². The van der Waals surface area contributed by atoms with E-state index < -0.39 is 0 Å². The molecule has 0 unspecified atom stereocenters. The van der Waals surface area contributed by atoms with Gasteiger partial charge >= 0.3 is 0 Å². The van der Waals surface area contributed by atoms with E-state index >= 15 is 0 Å². The minimum absolute atomic E-state index is 0.0108. The summed E-state index contributed by atoms with van der Waals surface area (Å²) in [7, 11) is 3.16. The Balaban J connectivity index is 1.70. The van der Waals surface area contributed by atoms with Crippen molar-refractivity contribution in [1.82, 2.24) is 14.5 Å². The lowest BCUT2D eigenvalue weighted by Crippen LogP contribution is -2.28. The first kappa shape index (κ1) is 17.1. The molecule has 1 aliphatic heterocycles. The van der Waals surface area contributed by atoms with E-state index in [1.54, 1.807) is 37.7 Å². The predicted molar refractivity (Wildman–Crippen MR) is 102 cm³/mol. The first-order valence-corrected chi connectivity index (χ1v) is 9.52. The van der Waals surface area contributed by atoms with E-state index in [1.165, 1.54) is 5.56 Å². The summed E-state index contributed by atoms with van der Waals surface area (Å²) in [5.74, 6) is 1.97. The van der Waals surface area contributed by atoms with Gasteiger partial charge in [-0.25, -0.2) is 4.98 Å². The maximum Gasteiger partial charge on any atom is 0.261 e. The van der Waals surface area contributed by atoms with Crippen LogP contribution >= 0.6 is 11.3 Å². The van der Waals surface area contributed by atoms with Crippen LogP contribution < -0.4 is 15.0 Å². The lowest BCUT2D eigenvalue weighted by atomic mass is 10.2. The van der Waals surface area contributed by atoms with Gasteiger partial charge in [0.05, 0.1) is 25.1 Å². The van der Waals surface area contributed by atoms with Crippen molar-refractivity contribution in [2.45, 2.75) is 19.5 Å². The molecule has 0 atom stereocenters. The van der Waals surface area contributed by atoms with Gasteiger partial charge in [-0.2, -0.15) is 11.3 Å². The lowest BCUT2D eigenvalue weighted by molar-refractivity contribution is 0.271. The molecule has 0 fully saturated rings. The fraction of sp³-hybridized carbons (Fsp3) is 0.368. The smallest absolute Gasteiger partial charge is 0.261 e. The van der Waals surface area contributed by atoms with Crippen LogP contribution in [-0.4, -0.2) is 41.8 Å². The number of benzene rings is 1. The molecule has 6 nitrogen and oxygen atoms in total. The Morgan fingerprint density at radius 2 is 1.96 bits per heavy atom. The molecule has 0 saturated carbocycles. The van der Waals surface area contributed by atoms with Gasteiger partial charge in [0.15, 0.2) is 11.5 Å². The van der Waals surface area contributed by atoms with Crippen LogP contribution in [0.1, 0.15) is 11.4 Å². The Morgan fingerprint density at radius 1 is 1.15 bits per heavy atom. The first-order valence-electron chi connectivity index (χ1n) is 8.58. The van der Waals surface area contributed by atoms with E-state index in [9.17, 15) is 4.79 Å². The molecule has 4 rings (SSSR count).